The van der Waals surface area contributed by atoms with Gasteiger partial charge in [-0.15, -0.1) is 0 Å². The summed E-state index contributed by atoms with van der Waals surface area (Å²) in [5, 5.41) is 20.6. The van der Waals surface area contributed by atoms with Gasteiger partial charge in [-0.25, -0.2) is 0 Å². The highest BCUT2D eigenvalue weighted by Crippen LogP contribution is 2.65. The third kappa shape index (κ3) is 2.02. The van der Waals surface area contributed by atoms with Crippen molar-refractivity contribution in [3.8, 4) is 0 Å². The lowest BCUT2D eigenvalue weighted by Gasteiger charge is -2.57. The van der Waals surface area contributed by atoms with Gasteiger partial charge in [0.25, 0.3) is 0 Å². The first-order valence-corrected chi connectivity index (χ1v) is 9.21. The predicted molar refractivity (Wildman–Crippen MR) is 89.5 cm³/mol. The normalized spacial score (nSPS) is 54.7. The average Bonchev–Trinajstić information content (AvgIpc) is 2.83. The van der Waals surface area contributed by atoms with Crippen LogP contribution in [0, 0.1) is 34.5 Å². The molecular formula is C20H30O3. The summed E-state index contributed by atoms with van der Waals surface area (Å²) >= 11 is 0. The Bertz CT molecular complexity index is 553. The van der Waals surface area contributed by atoms with E-state index in [0.29, 0.717) is 23.7 Å². The van der Waals surface area contributed by atoms with Crippen molar-refractivity contribution >= 4 is 0 Å². The number of aliphatic hydroxyl groups is 2. The molecule has 3 nitrogen and oxygen atoms in total. The van der Waals surface area contributed by atoms with E-state index in [-0.39, 0.29) is 23.0 Å². The number of hydrogen-bond donors (Lipinski definition) is 2. The number of methoxy groups -OCH3 is 1. The molecule has 2 N–H and O–H groups in total. The Morgan fingerprint density at radius 3 is 2.65 bits per heavy atom. The lowest BCUT2D eigenvalue weighted by molar-refractivity contribution is -0.0784. The molecule has 0 radical (unpaired) electrons. The minimum absolute atomic E-state index is 0.0415. The van der Waals surface area contributed by atoms with E-state index in [0.717, 1.165) is 37.9 Å². The first-order valence-electron chi connectivity index (χ1n) is 9.21. The minimum atomic E-state index is -0.332. The van der Waals surface area contributed by atoms with Crippen molar-refractivity contribution in [1.82, 2.24) is 0 Å². The Balaban J connectivity index is 1.78. The van der Waals surface area contributed by atoms with Crippen molar-refractivity contribution in [2.24, 2.45) is 34.5 Å². The average molecular weight is 318 g/mol. The van der Waals surface area contributed by atoms with Gasteiger partial charge >= 0.3 is 0 Å². The molecule has 2 saturated carbocycles. The molecule has 0 saturated heterocycles. The van der Waals surface area contributed by atoms with Gasteiger partial charge in [-0.3, -0.25) is 0 Å². The topological polar surface area (TPSA) is 49.7 Å². The summed E-state index contributed by atoms with van der Waals surface area (Å²) in [5.74, 6) is 2.96. The second-order valence-electron chi connectivity index (χ2n) is 8.78. The number of ether oxygens (including phenoxy) is 1. The van der Waals surface area contributed by atoms with Crippen molar-refractivity contribution in [2.45, 2.75) is 58.2 Å². The number of hydrogen-bond acceptors (Lipinski definition) is 3. The van der Waals surface area contributed by atoms with E-state index < -0.39 is 0 Å². The Morgan fingerprint density at radius 1 is 1.13 bits per heavy atom. The largest absolute Gasteiger partial charge is 0.501 e. The first kappa shape index (κ1) is 15.7. The number of allylic oxidation sites excluding steroid dienone is 3. The van der Waals surface area contributed by atoms with Crippen LogP contribution in [0.25, 0.3) is 0 Å². The standard InChI is InChI=1S/C20H30O3/c1-19-8-6-13(21)10-12(19)11-16(23-3)18-14-4-5-17(22)20(14,2)9-7-15(18)19/h6,8,11-15,17-18,21-22H,4-5,7,9-10H2,1-3H3/t12?,13-,14-,15-,17-,18-,19-,20-/m0/s1. The van der Waals surface area contributed by atoms with Crippen molar-refractivity contribution in [3.63, 3.8) is 0 Å². The van der Waals surface area contributed by atoms with Crippen molar-refractivity contribution in [1.29, 1.82) is 0 Å². The van der Waals surface area contributed by atoms with Crippen LogP contribution >= 0.6 is 0 Å². The second kappa shape index (κ2) is 5.10. The highest BCUT2D eigenvalue weighted by molar-refractivity contribution is 5.27. The summed E-state index contributed by atoms with van der Waals surface area (Å²) in [4.78, 5) is 0. The zero-order chi connectivity index (χ0) is 16.4. The summed E-state index contributed by atoms with van der Waals surface area (Å²) in [6.07, 6.45) is 11.2. The van der Waals surface area contributed by atoms with Crippen molar-refractivity contribution in [3.05, 3.63) is 24.0 Å². The van der Waals surface area contributed by atoms with Gasteiger partial charge in [-0.05, 0) is 66.8 Å². The summed E-state index contributed by atoms with van der Waals surface area (Å²) < 4.78 is 5.85. The Hall–Kier alpha value is -0.800. The minimum Gasteiger partial charge on any atom is -0.501 e. The van der Waals surface area contributed by atoms with Crippen LogP contribution in [0.1, 0.15) is 46.0 Å². The molecule has 4 rings (SSSR count). The zero-order valence-electron chi connectivity index (χ0n) is 14.5. The van der Waals surface area contributed by atoms with Crippen LogP contribution in [0.4, 0.5) is 0 Å². The number of aliphatic hydroxyl groups excluding tert-OH is 2. The van der Waals surface area contributed by atoms with Crippen LogP contribution in [-0.2, 0) is 4.74 Å². The van der Waals surface area contributed by atoms with E-state index in [9.17, 15) is 10.2 Å². The molecule has 23 heavy (non-hydrogen) atoms. The fraction of sp³-hybridized carbons (Fsp3) is 0.800. The van der Waals surface area contributed by atoms with Gasteiger partial charge in [0, 0.05) is 5.92 Å². The molecule has 3 heteroatoms. The monoisotopic (exact) mass is 318 g/mol. The molecule has 0 heterocycles. The van der Waals surface area contributed by atoms with Crippen LogP contribution < -0.4 is 0 Å². The molecule has 0 aromatic heterocycles. The van der Waals surface area contributed by atoms with Crippen LogP contribution in [0.2, 0.25) is 0 Å². The van der Waals surface area contributed by atoms with Gasteiger partial charge in [0.15, 0.2) is 0 Å². The highest BCUT2D eigenvalue weighted by atomic mass is 16.5. The molecule has 4 aliphatic rings. The van der Waals surface area contributed by atoms with Crippen LogP contribution in [0.5, 0.6) is 0 Å². The number of rotatable bonds is 1. The second-order valence-corrected chi connectivity index (χ2v) is 8.78. The van der Waals surface area contributed by atoms with Crippen molar-refractivity contribution < 1.29 is 14.9 Å². The van der Waals surface area contributed by atoms with E-state index in [1.54, 1.807) is 7.11 Å². The molecule has 0 aliphatic heterocycles. The quantitative estimate of drug-likeness (QED) is 0.730. The van der Waals surface area contributed by atoms with Gasteiger partial charge in [0.05, 0.1) is 25.1 Å². The maximum atomic E-state index is 10.6. The third-order valence-electron chi connectivity index (χ3n) is 7.92. The van der Waals surface area contributed by atoms with E-state index in [1.807, 2.05) is 6.08 Å². The van der Waals surface area contributed by atoms with Crippen LogP contribution in [-0.4, -0.2) is 29.5 Å². The lowest BCUT2D eigenvalue weighted by atomic mass is 9.48. The molecule has 0 bridgehead atoms. The third-order valence-corrected chi connectivity index (χ3v) is 7.92. The van der Waals surface area contributed by atoms with Gasteiger partial charge in [-0.1, -0.05) is 26.0 Å². The predicted octanol–water partition coefficient (Wildman–Crippen LogP) is 3.28. The van der Waals surface area contributed by atoms with Crippen molar-refractivity contribution in [2.75, 3.05) is 7.11 Å². The first-order chi connectivity index (χ1) is 10.9. The van der Waals surface area contributed by atoms with E-state index in [2.05, 4.69) is 26.0 Å². The van der Waals surface area contributed by atoms with Crippen LogP contribution in [0.3, 0.4) is 0 Å². The number of fused-ring (bicyclic) bond motifs is 5. The smallest absolute Gasteiger partial charge is 0.0955 e. The summed E-state index contributed by atoms with van der Waals surface area (Å²) in [6, 6.07) is 0. The van der Waals surface area contributed by atoms with E-state index in [4.69, 9.17) is 4.74 Å². The van der Waals surface area contributed by atoms with E-state index >= 15 is 0 Å². The van der Waals surface area contributed by atoms with E-state index in [1.165, 1.54) is 0 Å². The SMILES string of the molecule is COC1=CC2C[C@@H](O)C=C[C@]2(C)[C@H]2CC[C@]3(C)[C@@H](O)CC[C@H]3[C@H]12. The molecule has 2 fully saturated rings. The molecule has 4 aliphatic carbocycles. The molecule has 128 valence electrons. The van der Waals surface area contributed by atoms with Gasteiger partial charge in [0.1, 0.15) is 0 Å². The molecule has 8 atom stereocenters. The fourth-order valence-electron chi connectivity index (χ4n) is 6.40. The molecule has 0 aromatic rings. The maximum Gasteiger partial charge on any atom is 0.0955 e. The molecule has 0 amide bonds. The van der Waals surface area contributed by atoms with Gasteiger partial charge in [0.2, 0.25) is 0 Å². The molecule has 0 aromatic carbocycles. The molecule has 0 spiro atoms. The maximum absolute atomic E-state index is 10.6. The summed E-state index contributed by atoms with van der Waals surface area (Å²) in [5.41, 5.74) is 0.153. The lowest BCUT2D eigenvalue weighted by Crippen LogP contribution is -2.53. The Morgan fingerprint density at radius 2 is 1.91 bits per heavy atom. The Labute approximate surface area is 139 Å². The molecule has 1 unspecified atom stereocenters. The summed E-state index contributed by atoms with van der Waals surface area (Å²) in [6.45, 7) is 4.66. The fourth-order valence-corrected chi connectivity index (χ4v) is 6.40. The summed E-state index contributed by atoms with van der Waals surface area (Å²) in [7, 11) is 1.79. The van der Waals surface area contributed by atoms with Gasteiger partial charge in [-0.2, -0.15) is 0 Å². The Kier molecular flexibility index (Phi) is 3.48. The highest BCUT2D eigenvalue weighted by Gasteiger charge is 2.60. The van der Waals surface area contributed by atoms with Crippen LogP contribution in [0.15, 0.2) is 24.0 Å². The van der Waals surface area contributed by atoms with Gasteiger partial charge < -0.3 is 14.9 Å². The molecular weight excluding hydrogens is 288 g/mol. The zero-order valence-corrected chi connectivity index (χ0v) is 14.5.